The predicted molar refractivity (Wildman–Crippen MR) is 63.4 cm³/mol. The third kappa shape index (κ3) is 8.31. The maximum absolute atomic E-state index is 9.47. The molecular weight excluding hydrogens is 172 g/mol. The lowest BCUT2D eigenvalue weighted by Crippen LogP contribution is -2.06. The Morgan fingerprint density at radius 1 is 1.07 bits per heavy atom. The predicted octanol–water partition coefficient (Wildman–Crippen LogP) is 4.06. The lowest BCUT2D eigenvalue weighted by Gasteiger charge is -2.09. The van der Waals surface area contributed by atoms with Crippen molar-refractivity contribution in [2.45, 2.75) is 71.3 Å². The summed E-state index contributed by atoms with van der Waals surface area (Å²) in [7, 11) is 0. The molecule has 0 saturated heterocycles. The van der Waals surface area contributed by atoms with Crippen LogP contribution in [0.3, 0.4) is 0 Å². The molecule has 1 nitrogen and oxygen atoms in total. The molecule has 0 spiro atoms. The quantitative estimate of drug-likeness (QED) is 0.437. The Hall–Kier alpha value is -0.300. The van der Waals surface area contributed by atoms with Crippen molar-refractivity contribution < 1.29 is 5.11 Å². The largest absolute Gasteiger partial charge is 0.389 e. The smallest absolute Gasteiger partial charge is 0.0744 e. The molecule has 0 heterocycles. The van der Waals surface area contributed by atoms with Crippen LogP contribution < -0.4 is 0 Å². The second kappa shape index (κ2) is 9.26. The molecule has 0 amide bonds. The van der Waals surface area contributed by atoms with Crippen LogP contribution >= 0.6 is 0 Å². The molecule has 0 fully saturated rings. The number of unbranched alkanes of at least 4 members (excludes halogenated alkanes) is 6. The minimum atomic E-state index is -0.273. The van der Waals surface area contributed by atoms with E-state index in [1.54, 1.807) is 0 Å². The van der Waals surface area contributed by atoms with Gasteiger partial charge in [0, 0.05) is 0 Å². The van der Waals surface area contributed by atoms with E-state index in [0.717, 1.165) is 18.4 Å². The van der Waals surface area contributed by atoms with Gasteiger partial charge in [-0.25, -0.2) is 0 Å². The Labute approximate surface area is 89.2 Å². The van der Waals surface area contributed by atoms with Crippen molar-refractivity contribution in [3.63, 3.8) is 0 Å². The highest BCUT2D eigenvalue weighted by molar-refractivity contribution is 4.96. The van der Waals surface area contributed by atoms with Crippen LogP contribution in [0.25, 0.3) is 0 Å². The number of aliphatic hydroxyl groups is 1. The van der Waals surface area contributed by atoms with Crippen molar-refractivity contribution >= 4 is 0 Å². The number of aliphatic hydroxyl groups excluding tert-OH is 1. The van der Waals surface area contributed by atoms with Gasteiger partial charge >= 0.3 is 0 Å². The summed E-state index contributed by atoms with van der Waals surface area (Å²) in [6.45, 7) is 7.88. The first kappa shape index (κ1) is 13.7. The van der Waals surface area contributed by atoms with Crippen LogP contribution in [0.15, 0.2) is 12.2 Å². The summed E-state index contributed by atoms with van der Waals surface area (Å²) in [6, 6.07) is 0. The zero-order chi connectivity index (χ0) is 10.8. The summed E-state index contributed by atoms with van der Waals surface area (Å²) in [5, 5.41) is 9.47. The second-order valence-corrected chi connectivity index (χ2v) is 4.27. The van der Waals surface area contributed by atoms with Gasteiger partial charge in [-0.2, -0.15) is 0 Å². The molecule has 0 aromatic rings. The highest BCUT2D eigenvalue weighted by atomic mass is 16.3. The van der Waals surface area contributed by atoms with Gasteiger partial charge in [-0.05, 0) is 13.3 Å². The lowest BCUT2D eigenvalue weighted by molar-refractivity contribution is 0.196. The van der Waals surface area contributed by atoms with Crippen LogP contribution in [0.5, 0.6) is 0 Å². The van der Waals surface area contributed by atoms with E-state index in [9.17, 15) is 5.11 Å². The highest BCUT2D eigenvalue weighted by Crippen LogP contribution is 2.12. The van der Waals surface area contributed by atoms with Crippen LogP contribution in [0.4, 0.5) is 0 Å². The minimum Gasteiger partial charge on any atom is -0.389 e. The highest BCUT2D eigenvalue weighted by Gasteiger charge is 2.02. The summed E-state index contributed by atoms with van der Waals surface area (Å²) < 4.78 is 0. The lowest BCUT2D eigenvalue weighted by atomic mass is 10.0. The Kier molecular flexibility index (Phi) is 9.06. The van der Waals surface area contributed by atoms with E-state index in [1.165, 1.54) is 38.5 Å². The standard InChI is InChI=1S/C13H26O/c1-4-5-6-7-8-9-10-11-13(14)12(2)3/h13-14H,2,4-11H2,1,3H3. The Bertz CT molecular complexity index is 140. The van der Waals surface area contributed by atoms with Gasteiger partial charge in [0.15, 0.2) is 0 Å². The molecule has 1 unspecified atom stereocenters. The van der Waals surface area contributed by atoms with E-state index in [0.29, 0.717) is 0 Å². The third-order valence-electron chi connectivity index (χ3n) is 2.65. The molecule has 0 aliphatic rings. The van der Waals surface area contributed by atoms with E-state index in [1.807, 2.05) is 6.92 Å². The van der Waals surface area contributed by atoms with Crippen molar-refractivity contribution in [2.75, 3.05) is 0 Å². The zero-order valence-corrected chi connectivity index (χ0v) is 9.89. The molecular formula is C13H26O. The van der Waals surface area contributed by atoms with E-state index in [-0.39, 0.29) is 6.10 Å². The molecule has 1 heteroatoms. The van der Waals surface area contributed by atoms with Gasteiger partial charge in [0.2, 0.25) is 0 Å². The topological polar surface area (TPSA) is 20.2 Å². The number of rotatable bonds is 9. The maximum atomic E-state index is 9.47. The van der Waals surface area contributed by atoms with E-state index in [4.69, 9.17) is 0 Å². The normalized spacial score (nSPS) is 12.8. The first-order chi connectivity index (χ1) is 6.68. The number of hydrogen-bond acceptors (Lipinski definition) is 1. The summed E-state index contributed by atoms with van der Waals surface area (Å²) in [4.78, 5) is 0. The van der Waals surface area contributed by atoms with Crippen LogP contribution in [0, 0.1) is 0 Å². The first-order valence-electron chi connectivity index (χ1n) is 6.02. The molecule has 0 radical (unpaired) electrons. The second-order valence-electron chi connectivity index (χ2n) is 4.27. The molecule has 0 aliphatic carbocycles. The fourth-order valence-corrected chi connectivity index (χ4v) is 1.54. The van der Waals surface area contributed by atoms with Crippen LogP contribution in [0.2, 0.25) is 0 Å². The van der Waals surface area contributed by atoms with Crippen molar-refractivity contribution in [2.24, 2.45) is 0 Å². The SMILES string of the molecule is C=C(C)C(O)CCCCCCCCC. The molecule has 84 valence electrons. The van der Waals surface area contributed by atoms with Crippen molar-refractivity contribution in [3.8, 4) is 0 Å². The molecule has 0 aliphatic heterocycles. The average molecular weight is 198 g/mol. The molecule has 1 N–H and O–H groups in total. The Morgan fingerprint density at radius 3 is 2.07 bits per heavy atom. The summed E-state index contributed by atoms with van der Waals surface area (Å²) in [5.41, 5.74) is 0.899. The summed E-state index contributed by atoms with van der Waals surface area (Å²) >= 11 is 0. The van der Waals surface area contributed by atoms with Gasteiger partial charge < -0.3 is 5.11 Å². The van der Waals surface area contributed by atoms with E-state index >= 15 is 0 Å². The van der Waals surface area contributed by atoms with E-state index in [2.05, 4.69) is 13.5 Å². The average Bonchev–Trinajstić information content (AvgIpc) is 2.16. The van der Waals surface area contributed by atoms with Crippen LogP contribution in [0.1, 0.15) is 65.2 Å². The monoisotopic (exact) mass is 198 g/mol. The summed E-state index contributed by atoms with van der Waals surface area (Å²) in [6.07, 6.45) is 9.75. The molecule has 0 saturated carbocycles. The van der Waals surface area contributed by atoms with Crippen molar-refractivity contribution in [1.82, 2.24) is 0 Å². The van der Waals surface area contributed by atoms with Crippen LogP contribution in [-0.2, 0) is 0 Å². The van der Waals surface area contributed by atoms with Crippen LogP contribution in [-0.4, -0.2) is 11.2 Å². The molecule has 14 heavy (non-hydrogen) atoms. The van der Waals surface area contributed by atoms with Gasteiger partial charge in [0.25, 0.3) is 0 Å². The number of hydrogen-bond donors (Lipinski definition) is 1. The molecule has 0 aromatic carbocycles. The van der Waals surface area contributed by atoms with E-state index < -0.39 is 0 Å². The molecule has 0 aromatic heterocycles. The maximum Gasteiger partial charge on any atom is 0.0744 e. The minimum absolute atomic E-state index is 0.273. The molecule has 0 rings (SSSR count). The summed E-state index contributed by atoms with van der Waals surface area (Å²) in [5.74, 6) is 0. The molecule has 0 bridgehead atoms. The van der Waals surface area contributed by atoms with Gasteiger partial charge in [-0.1, -0.05) is 64.0 Å². The van der Waals surface area contributed by atoms with Gasteiger partial charge in [-0.3, -0.25) is 0 Å². The first-order valence-corrected chi connectivity index (χ1v) is 6.02. The molecule has 1 atom stereocenters. The fourth-order valence-electron chi connectivity index (χ4n) is 1.54. The van der Waals surface area contributed by atoms with Gasteiger partial charge in [-0.15, -0.1) is 0 Å². The Morgan fingerprint density at radius 2 is 1.57 bits per heavy atom. The van der Waals surface area contributed by atoms with Gasteiger partial charge in [0.1, 0.15) is 0 Å². The van der Waals surface area contributed by atoms with Crippen molar-refractivity contribution in [3.05, 3.63) is 12.2 Å². The van der Waals surface area contributed by atoms with Gasteiger partial charge in [0.05, 0.1) is 6.10 Å². The van der Waals surface area contributed by atoms with Crippen molar-refractivity contribution in [1.29, 1.82) is 0 Å². The zero-order valence-electron chi connectivity index (χ0n) is 9.89. The fraction of sp³-hybridized carbons (Fsp3) is 0.846. The third-order valence-corrected chi connectivity index (χ3v) is 2.65. The Balaban J connectivity index is 3.09.